The van der Waals surface area contributed by atoms with E-state index < -0.39 is 12.0 Å². The molecule has 0 aliphatic heterocycles. The molecule has 1 aliphatic carbocycles. The first-order valence-corrected chi connectivity index (χ1v) is 5.57. The number of nitrogens with two attached hydrogens (primary N) is 1. The molecule has 0 aromatic rings. The number of amides is 2. The Kier molecular flexibility index (Phi) is 5.21. The predicted molar refractivity (Wildman–Crippen MR) is 58.5 cm³/mol. The van der Waals surface area contributed by atoms with Crippen LogP contribution in [-0.4, -0.2) is 42.2 Å². The lowest BCUT2D eigenvalue weighted by atomic mass is 10.2. The molecular formula is C10H19N3O3. The van der Waals surface area contributed by atoms with Crippen LogP contribution in [0, 0.1) is 0 Å². The van der Waals surface area contributed by atoms with E-state index in [0.29, 0.717) is 0 Å². The molecule has 6 nitrogen and oxygen atoms in total. The van der Waals surface area contributed by atoms with E-state index >= 15 is 0 Å². The van der Waals surface area contributed by atoms with Crippen LogP contribution in [0.4, 0.5) is 0 Å². The molecule has 2 amide bonds. The van der Waals surface area contributed by atoms with Crippen molar-refractivity contribution in [1.82, 2.24) is 10.6 Å². The first-order chi connectivity index (χ1) is 7.59. The standard InChI is InChI=1S/C10H19N3O3/c11-10(16)8(14)5-12-6-9(15)13-7-3-1-2-4-7/h7-8,12,14H,1-6H2,(H2,11,16)(H,13,15). The Morgan fingerprint density at radius 3 is 2.56 bits per heavy atom. The van der Waals surface area contributed by atoms with Gasteiger partial charge in [0.2, 0.25) is 11.8 Å². The number of nitrogens with one attached hydrogen (secondary N) is 2. The van der Waals surface area contributed by atoms with Crippen LogP contribution in [0.15, 0.2) is 0 Å². The van der Waals surface area contributed by atoms with Crippen molar-refractivity contribution in [2.75, 3.05) is 13.1 Å². The fourth-order valence-electron chi connectivity index (χ4n) is 1.77. The van der Waals surface area contributed by atoms with Gasteiger partial charge in [0.15, 0.2) is 0 Å². The van der Waals surface area contributed by atoms with Crippen molar-refractivity contribution in [3.8, 4) is 0 Å². The summed E-state index contributed by atoms with van der Waals surface area (Å²) in [6.07, 6.45) is 3.17. The van der Waals surface area contributed by atoms with Gasteiger partial charge in [-0.1, -0.05) is 12.8 Å². The van der Waals surface area contributed by atoms with Gasteiger partial charge in [0, 0.05) is 12.6 Å². The van der Waals surface area contributed by atoms with Gasteiger partial charge in [-0.2, -0.15) is 0 Å². The zero-order valence-electron chi connectivity index (χ0n) is 9.24. The number of carbonyl (C=O) groups is 2. The van der Waals surface area contributed by atoms with Crippen LogP contribution in [0.25, 0.3) is 0 Å². The van der Waals surface area contributed by atoms with Crippen LogP contribution in [-0.2, 0) is 9.59 Å². The maximum absolute atomic E-state index is 11.4. The summed E-state index contributed by atoms with van der Waals surface area (Å²) in [6.45, 7) is 0.105. The lowest BCUT2D eigenvalue weighted by Crippen LogP contribution is -2.43. The zero-order chi connectivity index (χ0) is 12.0. The molecule has 1 fully saturated rings. The molecular weight excluding hydrogens is 210 g/mol. The second-order valence-electron chi connectivity index (χ2n) is 4.10. The normalized spacial score (nSPS) is 18.3. The highest BCUT2D eigenvalue weighted by Gasteiger charge is 2.17. The third-order valence-corrected chi connectivity index (χ3v) is 2.67. The van der Waals surface area contributed by atoms with Gasteiger partial charge in [-0.25, -0.2) is 0 Å². The fourth-order valence-corrected chi connectivity index (χ4v) is 1.77. The number of rotatable bonds is 6. The molecule has 1 aliphatic rings. The van der Waals surface area contributed by atoms with E-state index in [0.717, 1.165) is 12.8 Å². The van der Waals surface area contributed by atoms with Gasteiger partial charge in [-0.05, 0) is 12.8 Å². The summed E-state index contributed by atoms with van der Waals surface area (Å²) in [5.41, 5.74) is 4.86. The number of primary amides is 1. The van der Waals surface area contributed by atoms with Gasteiger partial charge in [0.05, 0.1) is 6.54 Å². The molecule has 0 saturated heterocycles. The van der Waals surface area contributed by atoms with Crippen molar-refractivity contribution in [2.24, 2.45) is 5.73 Å². The highest BCUT2D eigenvalue weighted by Crippen LogP contribution is 2.17. The number of aliphatic hydroxyl groups excluding tert-OH is 1. The summed E-state index contributed by atoms with van der Waals surface area (Å²) in [5, 5.41) is 14.6. The van der Waals surface area contributed by atoms with Crippen LogP contribution in [0.2, 0.25) is 0 Å². The molecule has 92 valence electrons. The smallest absolute Gasteiger partial charge is 0.247 e. The first-order valence-electron chi connectivity index (χ1n) is 5.57. The Morgan fingerprint density at radius 2 is 2.00 bits per heavy atom. The monoisotopic (exact) mass is 229 g/mol. The largest absolute Gasteiger partial charge is 0.382 e. The average Bonchev–Trinajstić information content (AvgIpc) is 2.70. The van der Waals surface area contributed by atoms with Gasteiger partial charge < -0.3 is 21.5 Å². The van der Waals surface area contributed by atoms with Gasteiger partial charge in [-0.3, -0.25) is 9.59 Å². The van der Waals surface area contributed by atoms with Crippen molar-refractivity contribution < 1.29 is 14.7 Å². The van der Waals surface area contributed by atoms with E-state index in [2.05, 4.69) is 10.6 Å². The fraction of sp³-hybridized carbons (Fsp3) is 0.800. The third kappa shape index (κ3) is 4.59. The average molecular weight is 229 g/mol. The minimum Gasteiger partial charge on any atom is -0.382 e. The van der Waals surface area contributed by atoms with Crippen molar-refractivity contribution in [3.63, 3.8) is 0 Å². The topological polar surface area (TPSA) is 104 Å². The van der Waals surface area contributed by atoms with Gasteiger partial charge in [0.1, 0.15) is 6.10 Å². The molecule has 1 unspecified atom stereocenters. The van der Waals surface area contributed by atoms with Crippen LogP contribution >= 0.6 is 0 Å². The Hall–Kier alpha value is -1.14. The Labute approximate surface area is 94.6 Å². The third-order valence-electron chi connectivity index (χ3n) is 2.67. The molecule has 0 radical (unpaired) electrons. The Morgan fingerprint density at radius 1 is 1.38 bits per heavy atom. The maximum Gasteiger partial charge on any atom is 0.247 e. The molecule has 0 aromatic heterocycles. The predicted octanol–water partition coefficient (Wildman–Crippen LogP) is -1.52. The second-order valence-corrected chi connectivity index (χ2v) is 4.10. The van der Waals surface area contributed by atoms with E-state index in [1.807, 2.05) is 0 Å². The number of hydrogen-bond acceptors (Lipinski definition) is 4. The molecule has 1 saturated carbocycles. The summed E-state index contributed by atoms with van der Waals surface area (Å²) in [5.74, 6) is -0.896. The quantitative estimate of drug-likeness (QED) is 0.444. The molecule has 16 heavy (non-hydrogen) atoms. The summed E-state index contributed by atoms with van der Waals surface area (Å²) >= 11 is 0. The summed E-state index contributed by atoms with van der Waals surface area (Å²) in [4.78, 5) is 21.9. The SMILES string of the molecule is NC(=O)C(O)CNCC(=O)NC1CCCC1. The molecule has 0 spiro atoms. The molecule has 0 heterocycles. The summed E-state index contributed by atoms with van der Waals surface area (Å²) in [6, 6.07) is 0.287. The maximum atomic E-state index is 11.4. The second kappa shape index (κ2) is 6.44. The Bertz CT molecular complexity index is 252. The molecule has 1 rings (SSSR count). The highest BCUT2D eigenvalue weighted by atomic mass is 16.3. The van der Waals surface area contributed by atoms with E-state index in [4.69, 9.17) is 10.8 Å². The molecule has 5 N–H and O–H groups in total. The number of hydrogen-bond donors (Lipinski definition) is 4. The molecule has 0 bridgehead atoms. The van der Waals surface area contributed by atoms with Gasteiger partial charge in [0.25, 0.3) is 0 Å². The lowest BCUT2D eigenvalue weighted by Gasteiger charge is -2.13. The minimum atomic E-state index is -1.24. The summed E-state index contributed by atoms with van der Waals surface area (Å²) < 4.78 is 0. The van der Waals surface area contributed by atoms with Gasteiger partial charge in [-0.15, -0.1) is 0 Å². The van der Waals surface area contributed by atoms with E-state index in [-0.39, 0.29) is 25.0 Å². The highest BCUT2D eigenvalue weighted by molar-refractivity contribution is 5.80. The van der Waals surface area contributed by atoms with Gasteiger partial charge >= 0.3 is 0 Å². The van der Waals surface area contributed by atoms with Crippen LogP contribution in [0.1, 0.15) is 25.7 Å². The summed E-state index contributed by atoms with van der Waals surface area (Å²) in [7, 11) is 0. The van der Waals surface area contributed by atoms with E-state index in [9.17, 15) is 9.59 Å². The molecule has 0 aromatic carbocycles. The first kappa shape index (κ1) is 12.9. The van der Waals surface area contributed by atoms with Crippen molar-refractivity contribution in [1.29, 1.82) is 0 Å². The molecule has 1 atom stereocenters. The Balaban J connectivity index is 2.08. The lowest BCUT2D eigenvalue weighted by molar-refractivity contribution is -0.126. The minimum absolute atomic E-state index is 0.00736. The molecule has 6 heteroatoms. The van der Waals surface area contributed by atoms with Crippen LogP contribution < -0.4 is 16.4 Å². The zero-order valence-corrected chi connectivity index (χ0v) is 9.24. The van der Waals surface area contributed by atoms with Crippen LogP contribution in [0.5, 0.6) is 0 Å². The van der Waals surface area contributed by atoms with E-state index in [1.165, 1.54) is 12.8 Å². The van der Waals surface area contributed by atoms with Crippen molar-refractivity contribution >= 4 is 11.8 Å². The van der Waals surface area contributed by atoms with Crippen molar-refractivity contribution in [2.45, 2.75) is 37.8 Å². The number of carbonyl (C=O) groups excluding carboxylic acids is 2. The number of aliphatic hydroxyl groups is 1. The van der Waals surface area contributed by atoms with E-state index in [1.54, 1.807) is 0 Å². The van der Waals surface area contributed by atoms with Crippen LogP contribution in [0.3, 0.4) is 0 Å². The van der Waals surface area contributed by atoms with Crippen molar-refractivity contribution in [3.05, 3.63) is 0 Å².